The highest BCUT2D eigenvalue weighted by Gasteiger charge is 2.16. The van der Waals surface area contributed by atoms with Crippen LogP contribution in [0.15, 0.2) is 60.8 Å². The number of likely N-dealkylation sites (N-methyl/N-ethyl adjacent to an activating group) is 1. The average molecular weight is 547 g/mol. The van der Waals surface area contributed by atoms with E-state index in [-0.39, 0.29) is 0 Å². The molecule has 0 saturated carbocycles. The number of hydrogen-bond donors (Lipinski definition) is 1. The van der Waals surface area contributed by atoms with Crippen LogP contribution in [0.25, 0.3) is 22.0 Å². The second-order valence-corrected chi connectivity index (χ2v) is 10.2. The van der Waals surface area contributed by atoms with Crippen molar-refractivity contribution < 1.29 is 4.74 Å². The lowest BCUT2D eigenvalue weighted by Gasteiger charge is -2.34. The molecule has 0 amide bonds. The maximum absolute atomic E-state index is 9.76. The van der Waals surface area contributed by atoms with Crippen LogP contribution in [0.3, 0.4) is 0 Å². The molecule has 38 heavy (non-hydrogen) atoms. The molecule has 2 heterocycles. The fourth-order valence-corrected chi connectivity index (χ4v) is 5.34. The van der Waals surface area contributed by atoms with Crippen LogP contribution in [0.1, 0.15) is 18.1 Å². The molecule has 1 aromatic heterocycles. The van der Waals surface area contributed by atoms with E-state index in [1.54, 1.807) is 25.4 Å². The van der Waals surface area contributed by atoms with Crippen LogP contribution in [0, 0.1) is 11.3 Å². The van der Waals surface area contributed by atoms with Gasteiger partial charge in [0.25, 0.3) is 0 Å². The van der Waals surface area contributed by atoms with Gasteiger partial charge in [-0.3, -0.25) is 9.88 Å². The van der Waals surface area contributed by atoms with Crippen LogP contribution < -0.4 is 10.1 Å². The van der Waals surface area contributed by atoms with Crippen molar-refractivity contribution in [2.24, 2.45) is 0 Å². The summed E-state index contributed by atoms with van der Waals surface area (Å²) in [5.41, 5.74) is 5.92. The molecule has 0 atom stereocenters. The predicted octanol–water partition coefficient (Wildman–Crippen LogP) is 6.97. The second kappa shape index (κ2) is 11.6. The largest absolute Gasteiger partial charge is 0.495 e. The molecular weight excluding hydrogens is 517 g/mol. The van der Waals surface area contributed by atoms with Gasteiger partial charge in [-0.05, 0) is 35.4 Å². The summed E-state index contributed by atoms with van der Waals surface area (Å²) in [6.45, 7) is 8.83. The van der Waals surface area contributed by atoms with Gasteiger partial charge < -0.3 is 15.0 Å². The normalized spacial score (nSPS) is 14.4. The first kappa shape index (κ1) is 26.3. The summed E-state index contributed by atoms with van der Waals surface area (Å²) in [4.78, 5) is 9.58. The number of anilines is 2. The Morgan fingerprint density at radius 3 is 2.34 bits per heavy atom. The number of methoxy groups -OCH3 is 1. The molecule has 0 aliphatic carbocycles. The molecule has 0 unspecified atom stereocenters. The molecule has 5 rings (SSSR count). The molecule has 194 valence electrons. The molecule has 0 bridgehead atoms. The standard InChI is InChI=1S/C30H29Cl2N5O/c1-3-36-10-12-37(13-11-36)19-20-4-6-21(7-5-20)22-8-9-24-27(14-22)34-18-23(17-33)30(24)35-28-16-29(38-2)26(32)15-25(28)31/h4-9,14-16,18H,3,10-13,19H2,1-2H3,(H,34,35). The molecule has 8 heteroatoms. The van der Waals surface area contributed by atoms with E-state index in [9.17, 15) is 5.26 Å². The highest BCUT2D eigenvalue weighted by atomic mass is 35.5. The number of benzene rings is 3. The molecule has 3 aromatic carbocycles. The minimum atomic E-state index is 0.415. The number of ether oxygens (including phenoxy) is 1. The van der Waals surface area contributed by atoms with E-state index in [0.717, 1.165) is 61.3 Å². The lowest BCUT2D eigenvalue weighted by Crippen LogP contribution is -2.45. The van der Waals surface area contributed by atoms with E-state index < -0.39 is 0 Å². The highest BCUT2D eigenvalue weighted by Crippen LogP contribution is 2.38. The molecule has 0 spiro atoms. The first-order chi connectivity index (χ1) is 18.5. The van der Waals surface area contributed by atoms with Gasteiger partial charge in [-0.25, -0.2) is 0 Å². The van der Waals surface area contributed by atoms with Gasteiger partial charge in [0, 0.05) is 50.4 Å². The third-order valence-electron chi connectivity index (χ3n) is 7.10. The smallest absolute Gasteiger partial charge is 0.139 e. The number of pyridine rings is 1. The fraction of sp³-hybridized carbons (Fsp3) is 0.267. The number of rotatable bonds is 7. The van der Waals surface area contributed by atoms with Crippen molar-refractivity contribution in [3.05, 3.63) is 82.0 Å². The average Bonchev–Trinajstić information content (AvgIpc) is 2.95. The molecule has 1 saturated heterocycles. The topological polar surface area (TPSA) is 64.4 Å². The van der Waals surface area contributed by atoms with E-state index in [2.05, 4.69) is 63.4 Å². The monoisotopic (exact) mass is 545 g/mol. The van der Waals surface area contributed by atoms with Gasteiger partial charge in [-0.1, -0.05) is 66.5 Å². The number of hydrogen-bond acceptors (Lipinski definition) is 6. The van der Waals surface area contributed by atoms with Gasteiger partial charge in [0.05, 0.1) is 39.6 Å². The predicted molar refractivity (Wildman–Crippen MR) is 156 cm³/mol. The first-order valence-electron chi connectivity index (χ1n) is 12.7. The van der Waals surface area contributed by atoms with E-state index in [1.165, 1.54) is 5.56 Å². The summed E-state index contributed by atoms with van der Waals surface area (Å²) in [6, 6.07) is 20.4. The van der Waals surface area contributed by atoms with Crippen LogP contribution >= 0.6 is 23.2 Å². The van der Waals surface area contributed by atoms with Gasteiger partial charge in [0.15, 0.2) is 0 Å². The van der Waals surface area contributed by atoms with Crippen LogP contribution in [-0.4, -0.2) is 54.6 Å². The van der Waals surface area contributed by atoms with Crippen LogP contribution in [-0.2, 0) is 6.54 Å². The first-order valence-corrected chi connectivity index (χ1v) is 13.4. The zero-order valence-corrected chi connectivity index (χ0v) is 23.0. The Labute approximate surface area is 233 Å². The zero-order chi connectivity index (χ0) is 26.6. The van der Waals surface area contributed by atoms with E-state index in [4.69, 9.17) is 27.9 Å². The van der Waals surface area contributed by atoms with E-state index >= 15 is 0 Å². The number of halogens is 2. The molecule has 0 radical (unpaired) electrons. The Balaban J connectivity index is 1.40. The van der Waals surface area contributed by atoms with E-state index in [0.29, 0.717) is 32.7 Å². The van der Waals surface area contributed by atoms with Gasteiger partial charge >= 0.3 is 0 Å². The van der Waals surface area contributed by atoms with Crippen molar-refractivity contribution in [3.8, 4) is 22.9 Å². The summed E-state index contributed by atoms with van der Waals surface area (Å²) in [5, 5.41) is 14.7. The Hall–Kier alpha value is -3.34. The summed E-state index contributed by atoms with van der Waals surface area (Å²) in [7, 11) is 1.54. The third-order valence-corrected chi connectivity index (χ3v) is 7.70. The minimum absolute atomic E-state index is 0.415. The number of piperazine rings is 1. The third kappa shape index (κ3) is 5.57. The molecular formula is C30H29Cl2N5O. The van der Waals surface area contributed by atoms with Gasteiger partial charge in [0.1, 0.15) is 11.8 Å². The number of nitriles is 1. The van der Waals surface area contributed by atoms with Crippen molar-refractivity contribution in [1.29, 1.82) is 5.26 Å². The fourth-order valence-electron chi connectivity index (χ4n) is 4.83. The maximum Gasteiger partial charge on any atom is 0.139 e. The quantitative estimate of drug-likeness (QED) is 0.270. The van der Waals surface area contributed by atoms with Crippen molar-refractivity contribution in [2.75, 3.05) is 45.2 Å². The Morgan fingerprint density at radius 1 is 0.947 bits per heavy atom. The lowest BCUT2D eigenvalue weighted by atomic mass is 10.0. The Kier molecular flexibility index (Phi) is 8.01. The number of nitrogens with one attached hydrogen (secondary N) is 1. The van der Waals surface area contributed by atoms with E-state index in [1.807, 2.05) is 12.1 Å². The Morgan fingerprint density at radius 2 is 1.66 bits per heavy atom. The minimum Gasteiger partial charge on any atom is -0.495 e. The van der Waals surface area contributed by atoms with Gasteiger partial charge in [-0.2, -0.15) is 5.26 Å². The second-order valence-electron chi connectivity index (χ2n) is 9.39. The summed E-state index contributed by atoms with van der Waals surface area (Å²) >= 11 is 12.6. The summed E-state index contributed by atoms with van der Waals surface area (Å²) in [5.74, 6) is 0.490. The van der Waals surface area contributed by atoms with Crippen molar-refractivity contribution in [3.63, 3.8) is 0 Å². The molecule has 1 N–H and O–H groups in total. The van der Waals surface area contributed by atoms with Crippen LogP contribution in [0.5, 0.6) is 5.75 Å². The van der Waals surface area contributed by atoms with Gasteiger partial charge in [-0.15, -0.1) is 0 Å². The Bertz CT molecular complexity index is 1490. The number of aromatic nitrogens is 1. The molecule has 1 aliphatic heterocycles. The van der Waals surface area contributed by atoms with Crippen molar-refractivity contribution in [2.45, 2.75) is 13.5 Å². The molecule has 1 fully saturated rings. The van der Waals surface area contributed by atoms with Gasteiger partial charge in [0.2, 0.25) is 0 Å². The summed E-state index contributed by atoms with van der Waals surface area (Å²) in [6.07, 6.45) is 1.58. The van der Waals surface area contributed by atoms with Crippen LogP contribution in [0.4, 0.5) is 11.4 Å². The lowest BCUT2D eigenvalue weighted by molar-refractivity contribution is 0.132. The zero-order valence-electron chi connectivity index (χ0n) is 21.5. The molecule has 6 nitrogen and oxygen atoms in total. The molecule has 1 aliphatic rings. The summed E-state index contributed by atoms with van der Waals surface area (Å²) < 4.78 is 5.33. The maximum atomic E-state index is 9.76. The van der Waals surface area contributed by atoms with Crippen LogP contribution in [0.2, 0.25) is 10.0 Å². The highest BCUT2D eigenvalue weighted by molar-refractivity contribution is 6.37. The van der Waals surface area contributed by atoms with Crippen molar-refractivity contribution in [1.82, 2.24) is 14.8 Å². The number of fused-ring (bicyclic) bond motifs is 1. The SMILES string of the molecule is CCN1CCN(Cc2ccc(-c3ccc4c(Nc5cc(OC)c(Cl)cc5Cl)c(C#N)cnc4c3)cc2)CC1. The molecule has 4 aromatic rings. The number of nitrogens with zero attached hydrogens (tertiary/aromatic N) is 4. The van der Waals surface area contributed by atoms with Crippen molar-refractivity contribution >= 4 is 45.5 Å².